The molecule has 0 aromatic rings. The second kappa shape index (κ2) is 30.1. The number of allylic oxidation sites excluding steroid dienone is 4. The summed E-state index contributed by atoms with van der Waals surface area (Å²) in [5.41, 5.74) is 0. The van der Waals surface area contributed by atoms with Crippen LogP contribution < -0.4 is 0 Å². The van der Waals surface area contributed by atoms with Gasteiger partial charge in [0.1, 0.15) is 0 Å². The second-order valence-corrected chi connectivity index (χ2v) is 7.24. The van der Waals surface area contributed by atoms with Crippen molar-refractivity contribution in [2.24, 2.45) is 0 Å². The Morgan fingerprint density at radius 2 is 1.00 bits per heavy atom. The minimum Gasteiger partial charge on any atom is -0.240 e. The Hall–Kier alpha value is -0.600. The first kappa shape index (κ1) is 28.6. The molecule has 0 aromatic heterocycles. The maximum Gasteiger partial charge on any atom is 0.0822 e. The van der Waals surface area contributed by atoms with Gasteiger partial charge in [0, 0.05) is 0 Å². The fourth-order valence-electron chi connectivity index (χ4n) is 2.74. The van der Waals surface area contributed by atoms with Crippen LogP contribution in [0.15, 0.2) is 24.3 Å². The van der Waals surface area contributed by atoms with Gasteiger partial charge in [0.2, 0.25) is 0 Å². The van der Waals surface area contributed by atoms with E-state index in [4.69, 9.17) is 0 Å². The zero-order chi connectivity index (χ0) is 20.3. The zero-order valence-electron chi connectivity index (χ0n) is 19.1. The van der Waals surface area contributed by atoms with E-state index >= 15 is 0 Å². The minimum atomic E-state index is 0.733. The van der Waals surface area contributed by atoms with Gasteiger partial charge >= 0.3 is 0 Å². The van der Waals surface area contributed by atoms with Gasteiger partial charge in [-0.05, 0) is 44.9 Å². The molecule has 0 radical (unpaired) electrons. The maximum atomic E-state index is 4.68. The molecule has 27 heavy (non-hydrogen) atoms. The van der Waals surface area contributed by atoms with E-state index in [9.17, 15) is 0 Å². The lowest BCUT2D eigenvalue weighted by Gasteiger charge is -1.99. The summed E-state index contributed by atoms with van der Waals surface area (Å²) in [7, 11) is 1.54. The first-order valence-electron chi connectivity index (χ1n) is 11.8. The van der Waals surface area contributed by atoms with Crippen LogP contribution in [0, 0.1) is 0 Å². The Kier molecular flexibility index (Phi) is 31.9. The van der Waals surface area contributed by atoms with Crippen molar-refractivity contribution in [2.75, 3.05) is 13.7 Å². The second-order valence-electron chi connectivity index (χ2n) is 7.24. The van der Waals surface area contributed by atoms with Gasteiger partial charge in [-0.25, -0.2) is 9.78 Å². The molecule has 0 atom stereocenters. The van der Waals surface area contributed by atoms with Crippen molar-refractivity contribution in [2.45, 2.75) is 124 Å². The molecule has 0 bridgehead atoms. The van der Waals surface area contributed by atoms with E-state index in [1.807, 2.05) is 0 Å². The summed E-state index contributed by atoms with van der Waals surface area (Å²) < 4.78 is 0. The molecule has 0 aromatic carbocycles. The van der Waals surface area contributed by atoms with E-state index in [2.05, 4.69) is 54.9 Å². The zero-order valence-corrected chi connectivity index (χ0v) is 19.1. The van der Waals surface area contributed by atoms with E-state index in [0.29, 0.717) is 0 Å². The Balaban J connectivity index is 0. The van der Waals surface area contributed by atoms with Crippen molar-refractivity contribution in [3.8, 4) is 0 Å². The van der Waals surface area contributed by atoms with Crippen LogP contribution in [-0.2, 0) is 9.78 Å². The molecule has 0 fully saturated rings. The average Bonchev–Trinajstić information content (AvgIpc) is 2.69. The third-order valence-electron chi connectivity index (χ3n) is 4.48. The number of hydrogen-bond donors (Lipinski definition) is 0. The first-order chi connectivity index (χ1) is 13.3. The minimum absolute atomic E-state index is 0.733. The summed E-state index contributed by atoms with van der Waals surface area (Å²) in [6.07, 6.45) is 30.5. The molecule has 0 amide bonds. The molecule has 2 nitrogen and oxygen atoms in total. The van der Waals surface area contributed by atoms with Crippen molar-refractivity contribution in [1.82, 2.24) is 0 Å². The normalized spacial score (nSPS) is 11.3. The molecule has 0 saturated carbocycles. The van der Waals surface area contributed by atoms with Gasteiger partial charge in [0.15, 0.2) is 0 Å². The van der Waals surface area contributed by atoms with Crippen LogP contribution in [0.2, 0.25) is 0 Å². The first-order valence-corrected chi connectivity index (χ1v) is 11.8. The molecule has 0 aliphatic carbocycles. The van der Waals surface area contributed by atoms with Crippen molar-refractivity contribution < 1.29 is 9.78 Å². The molecule has 2 heteroatoms. The lowest BCUT2D eigenvalue weighted by atomic mass is 10.1. The molecule has 162 valence electrons. The molecule has 0 saturated heterocycles. The van der Waals surface area contributed by atoms with Crippen LogP contribution in [0.3, 0.4) is 0 Å². The number of unbranched alkanes of at least 4 members (excludes halogenated alkanes) is 12. The van der Waals surface area contributed by atoms with E-state index in [-0.39, 0.29) is 0 Å². The van der Waals surface area contributed by atoms with Gasteiger partial charge in [-0.2, -0.15) is 0 Å². The third-order valence-corrected chi connectivity index (χ3v) is 4.48. The summed E-state index contributed by atoms with van der Waals surface area (Å²) in [6, 6.07) is 0. The largest absolute Gasteiger partial charge is 0.240 e. The summed E-state index contributed by atoms with van der Waals surface area (Å²) in [4.78, 5) is 9.10. The van der Waals surface area contributed by atoms with E-state index in [1.54, 1.807) is 7.11 Å². The van der Waals surface area contributed by atoms with Crippen LogP contribution in [0.25, 0.3) is 0 Å². The highest BCUT2D eigenvalue weighted by molar-refractivity contribution is 4.81. The van der Waals surface area contributed by atoms with Gasteiger partial charge < -0.3 is 0 Å². The number of hydrogen-bond acceptors (Lipinski definition) is 2. The molecule has 0 spiro atoms. The molecule has 0 aliphatic heterocycles. The summed E-state index contributed by atoms with van der Waals surface area (Å²) >= 11 is 0. The van der Waals surface area contributed by atoms with E-state index in [1.165, 1.54) is 96.3 Å². The lowest BCUT2D eigenvalue weighted by molar-refractivity contribution is -0.272. The Bertz CT molecular complexity index is 278. The van der Waals surface area contributed by atoms with Crippen LogP contribution in [0.1, 0.15) is 124 Å². The summed E-state index contributed by atoms with van der Waals surface area (Å²) in [5, 5.41) is 0. The Morgan fingerprint density at radius 3 is 1.52 bits per heavy atom. The molecule has 0 rings (SSSR count). The van der Waals surface area contributed by atoms with Crippen molar-refractivity contribution >= 4 is 0 Å². The molecule has 0 aliphatic rings. The highest BCUT2D eigenvalue weighted by atomic mass is 17.2. The predicted molar refractivity (Wildman–Crippen MR) is 122 cm³/mol. The molecular formula is C25H50O2. The van der Waals surface area contributed by atoms with Gasteiger partial charge in [-0.3, -0.25) is 0 Å². The fraction of sp³-hybridized carbons (Fsp3) is 0.840. The lowest BCUT2D eigenvalue weighted by Crippen LogP contribution is -1.91. The van der Waals surface area contributed by atoms with Gasteiger partial charge in [-0.15, -0.1) is 0 Å². The van der Waals surface area contributed by atoms with Gasteiger partial charge in [0.25, 0.3) is 0 Å². The Morgan fingerprint density at radius 1 is 0.519 bits per heavy atom. The predicted octanol–water partition coefficient (Wildman–Crippen LogP) is 8.96. The maximum absolute atomic E-state index is 4.68. The fourth-order valence-corrected chi connectivity index (χ4v) is 2.74. The standard InChI is InChI=1S/C18H34.C7H16O2/c1-3-5-7-9-11-13-15-17-18-16-14-12-10-8-6-4-2;1-3-4-5-6-7-9-8-2/h5,7,10,12H,3-4,6,8-9,11,13-18H2,1-2H3;3-7H2,1-2H3/b7-5-,12-10+;. The van der Waals surface area contributed by atoms with Crippen LogP contribution in [0.4, 0.5) is 0 Å². The third kappa shape index (κ3) is 33.4. The molecule has 0 unspecified atom stereocenters. The summed E-state index contributed by atoms with van der Waals surface area (Å²) in [5.74, 6) is 0. The monoisotopic (exact) mass is 382 g/mol. The average molecular weight is 383 g/mol. The SMILES string of the molecule is CC/C=C\CCCCCCCC/C=C/CCCC.CCCCCCOOC. The van der Waals surface area contributed by atoms with E-state index < -0.39 is 0 Å². The van der Waals surface area contributed by atoms with E-state index in [0.717, 1.165) is 13.0 Å². The molecular weight excluding hydrogens is 332 g/mol. The van der Waals surface area contributed by atoms with Crippen molar-refractivity contribution in [3.05, 3.63) is 24.3 Å². The topological polar surface area (TPSA) is 18.5 Å². The molecule has 0 heterocycles. The van der Waals surface area contributed by atoms with Crippen LogP contribution in [-0.4, -0.2) is 13.7 Å². The highest BCUT2D eigenvalue weighted by Gasteiger charge is 1.90. The van der Waals surface area contributed by atoms with Crippen molar-refractivity contribution in [1.29, 1.82) is 0 Å². The summed E-state index contributed by atoms with van der Waals surface area (Å²) in [6.45, 7) is 7.38. The highest BCUT2D eigenvalue weighted by Crippen LogP contribution is 2.09. The smallest absolute Gasteiger partial charge is 0.0822 e. The quantitative estimate of drug-likeness (QED) is 0.0960. The number of rotatable bonds is 19. The van der Waals surface area contributed by atoms with Crippen LogP contribution in [0.5, 0.6) is 0 Å². The Labute approximate surface area is 171 Å². The van der Waals surface area contributed by atoms with Gasteiger partial charge in [-0.1, -0.05) is 103 Å². The molecule has 0 N–H and O–H groups in total. The van der Waals surface area contributed by atoms with Gasteiger partial charge in [0.05, 0.1) is 13.7 Å². The van der Waals surface area contributed by atoms with Crippen molar-refractivity contribution in [3.63, 3.8) is 0 Å². The van der Waals surface area contributed by atoms with Crippen LogP contribution >= 0.6 is 0 Å².